The Hall–Kier alpha value is -3.82. The van der Waals surface area contributed by atoms with Crippen LogP contribution in [0, 0.1) is 0 Å². The third-order valence-corrected chi connectivity index (χ3v) is 3.37. The average molecular weight is 392 g/mol. The Balaban J connectivity index is 2.31. The van der Waals surface area contributed by atoms with Crippen molar-refractivity contribution in [2.24, 2.45) is 16.5 Å². The molecule has 2 aromatic carbocycles. The monoisotopic (exact) mass is 392 g/mol. The van der Waals surface area contributed by atoms with Gasteiger partial charge in [0.05, 0.1) is 11.3 Å². The number of halogens is 3. The highest BCUT2D eigenvalue weighted by molar-refractivity contribution is 6.03. The van der Waals surface area contributed by atoms with E-state index < -0.39 is 29.3 Å². The van der Waals surface area contributed by atoms with E-state index in [4.69, 9.17) is 11.5 Å². The first-order valence-electron chi connectivity index (χ1n) is 7.69. The molecule has 0 unspecified atom stereocenters. The van der Waals surface area contributed by atoms with Gasteiger partial charge in [0.25, 0.3) is 5.91 Å². The smallest absolute Gasteiger partial charge is 0.416 e. The third-order valence-electron chi connectivity index (χ3n) is 3.37. The summed E-state index contributed by atoms with van der Waals surface area (Å²) in [7, 11) is 0. The predicted molar refractivity (Wildman–Crippen MR) is 96.4 cm³/mol. The fraction of sp³-hybridized carbons (Fsp3) is 0.0556. The molecule has 0 aromatic heterocycles. The standard InChI is InChI=1S/C18H15F3N4O3/c19-18(20,21)12-5-1-3-10(7-12)8-14(16(27)28)25-15(26)11-4-2-6-13(9-11)24-17(22)23/h1-9H,(H,25,26)(H,27,28)(H4,22,23,24)/b14-8+. The second-order valence-electron chi connectivity index (χ2n) is 5.53. The van der Waals surface area contributed by atoms with Gasteiger partial charge in [-0.15, -0.1) is 0 Å². The molecular weight excluding hydrogens is 377 g/mol. The van der Waals surface area contributed by atoms with Gasteiger partial charge in [-0.25, -0.2) is 9.79 Å². The average Bonchev–Trinajstić information content (AvgIpc) is 2.60. The van der Waals surface area contributed by atoms with Crippen molar-refractivity contribution in [3.8, 4) is 0 Å². The molecule has 1 amide bonds. The first-order valence-corrected chi connectivity index (χ1v) is 7.69. The zero-order chi connectivity index (χ0) is 20.9. The van der Waals surface area contributed by atoms with E-state index >= 15 is 0 Å². The number of nitrogens with zero attached hydrogens (tertiary/aromatic N) is 1. The largest absolute Gasteiger partial charge is 0.477 e. The number of hydrogen-bond donors (Lipinski definition) is 4. The maximum absolute atomic E-state index is 12.8. The number of carbonyl (C=O) groups excluding carboxylic acids is 1. The number of aliphatic carboxylic acids is 1. The maximum atomic E-state index is 12.8. The Labute approximate surface area is 157 Å². The molecule has 0 radical (unpaired) electrons. The summed E-state index contributed by atoms with van der Waals surface area (Å²) in [4.78, 5) is 27.5. The lowest BCUT2D eigenvalue weighted by atomic mass is 10.1. The number of guanidine groups is 1. The number of nitrogens with two attached hydrogens (primary N) is 2. The number of benzene rings is 2. The van der Waals surface area contributed by atoms with Gasteiger partial charge in [-0.05, 0) is 42.0 Å². The zero-order valence-electron chi connectivity index (χ0n) is 14.2. The van der Waals surface area contributed by atoms with Gasteiger partial charge >= 0.3 is 12.1 Å². The molecule has 0 heterocycles. The van der Waals surface area contributed by atoms with Crippen molar-refractivity contribution in [3.05, 3.63) is 70.9 Å². The SMILES string of the molecule is NC(N)=Nc1cccc(C(=O)N/C(=C/c2cccc(C(F)(F)F)c2)C(=O)O)c1. The van der Waals surface area contributed by atoms with Crippen LogP contribution in [0.3, 0.4) is 0 Å². The fourth-order valence-corrected chi connectivity index (χ4v) is 2.18. The molecule has 2 aromatic rings. The van der Waals surface area contributed by atoms with E-state index in [-0.39, 0.29) is 22.8 Å². The van der Waals surface area contributed by atoms with Gasteiger partial charge in [-0.1, -0.05) is 18.2 Å². The van der Waals surface area contributed by atoms with Crippen molar-refractivity contribution in [1.29, 1.82) is 0 Å². The van der Waals surface area contributed by atoms with Crippen molar-refractivity contribution >= 4 is 29.6 Å². The molecule has 2 rings (SSSR count). The van der Waals surface area contributed by atoms with Crippen molar-refractivity contribution in [2.45, 2.75) is 6.18 Å². The Morgan fingerprint density at radius 2 is 1.75 bits per heavy atom. The summed E-state index contributed by atoms with van der Waals surface area (Å²) in [6, 6.07) is 9.75. The summed E-state index contributed by atoms with van der Waals surface area (Å²) in [6.45, 7) is 0. The molecule has 0 atom stereocenters. The van der Waals surface area contributed by atoms with Gasteiger partial charge in [0.15, 0.2) is 5.96 Å². The summed E-state index contributed by atoms with van der Waals surface area (Å²) in [5.41, 5.74) is 9.26. The quantitative estimate of drug-likeness (QED) is 0.353. The Morgan fingerprint density at radius 3 is 2.36 bits per heavy atom. The topological polar surface area (TPSA) is 131 Å². The molecule has 0 aliphatic rings. The van der Waals surface area contributed by atoms with Crippen LogP contribution in [0.1, 0.15) is 21.5 Å². The lowest BCUT2D eigenvalue weighted by Crippen LogP contribution is -2.27. The fourth-order valence-electron chi connectivity index (χ4n) is 2.18. The summed E-state index contributed by atoms with van der Waals surface area (Å²) in [6.07, 6.45) is -3.66. The van der Waals surface area contributed by atoms with Crippen LogP contribution in [0.25, 0.3) is 6.08 Å². The number of carbonyl (C=O) groups is 2. The highest BCUT2D eigenvalue weighted by atomic mass is 19.4. The molecule has 0 aliphatic carbocycles. The van der Waals surface area contributed by atoms with Gasteiger partial charge in [0.2, 0.25) is 0 Å². The molecule has 0 spiro atoms. The molecule has 0 saturated heterocycles. The maximum Gasteiger partial charge on any atom is 0.416 e. The van der Waals surface area contributed by atoms with Crippen LogP contribution in [-0.2, 0) is 11.0 Å². The second kappa shape index (κ2) is 8.25. The van der Waals surface area contributed by atoms with Gasteiger partial charge < -0.3 is 21.9 Å². The Kier molecular flexibility index (Phi) is 6.04. The second-order valence-corrected chi connectivity index (χ2v) is 5.53. The van der Waals surface area contributed by atoms with E-state index in [1.165, 1.54) is 30.3 Å². The first kappa shape index (κ1) is 20.5. The summed E-state index contributed by atoms with van der Waals surface area (Å²) in [5.74, 6) is -2.55. The number of carboxylic acid groups (broad SMARTS) is 1. The van der Waals surface area contributed by atoms with Crippen molar-refractivity contribution in [3.63, 3.8) is 0 Å². The minimum atomic E-state index is -4.58. The van der Waals surface area contributed by atoms with Crippen molar-refractivity contribution < 1.29 is 27.9 Å². The first-order chi connectivity index (χ1) is 13.1. The van der Waals surface area contributed by atoms with Crippen molar-refractivity contribution in [2.75, 3.05) is 0 Å². The molecule has 146 valence electrons. The molecule has 0 bridgehead atoms. The van der Waals surface area contributed by atoms with Crippen LogP contribution >= 0.6 is 0 Å². The lowest BCUT2D eigenvalue weighted by molar-refractivity contribution is -0.137. The number of alkyl halides is 3. The number of carboxylic acids is 1. The van der Waals surface area contributed by atoms with Gasteiger partial charge in [-0.2, -0.15) is 13.2 Å². The van der Waals surface area contributed by atoms with Crippen molar-refractivity contribution in [1.82, 2.24) is 5.32 Å². The summed E-state index contributed by atoms with van der Waals surface area (Å²) < 4.78 is 38.4. The predicted octanol–water partition coefficient (Wildman–Crippen LogP) is 2.47. The van der Waals surface area contributed by atoms with Crippen LogP contribution < -0.4 is 16.8 Å². The van der Waals surface area contributed by atoms with E-state index in [9.17, 15) is 27.9 Å². The van der Waals surface area contributed by atoms with Crippen LogP contribution in [-0.4, -0.2) is 22.9 Å². The minimum Gasteiger partial charge on any atom is -0.477 e. The molecule has 0 fully saturated rings. The lowest BCUT2D eigenvalue weighted by Gasteiger charge is -2.09. The number of rotatable bonds is 5. The van der Waals surface area contributed by atoms with Gasteiger partial charge in [0, 0.05) is 5.56 Å². The third kappa shape index (κ3) is 5.59. The molecule has 7 nitrogen and oxygen atoms in total. The molecular formula is C18H15F3N4O3. The molecule has 0 saturated carbocycles. The van der Waals surface area contributed by atoms with Crippen LogP contribution in [0.5, 0.6) is 0 Å². The van der Waals surface area contributed by atoms with E-state index in [0.717, 1.165) is 24.3 Å². The molecule has 10 heteroatoms. The van der Waals surface area contributed by atoms with Gasteiger partial charge in [-0.3, -0.25) is 4.79 Å². The summed E-state index contributed by atoms with van der Waals surface area (Å²) >= 11 is 0. The molecule has 6 N–H and O–H groups in total. The van der Waals surface area contributed by atoms with E-state index in [1.807, 2.05) is 0 Å². The normalized spacial score (nSPS) is 11.6. The van der Waals surface area contributed by atoms with E-state index in [0.29, 0.717) is 0 Å². The highest BCUT2D eigenvalue weighted by Gasteiger charge is 2.30. The molecule has 28 heavy (non-hydrogen) atoms. The highest BCUT2D eigenvalue weighted by Crippen LogP contribution is 2.29. The van der Waals surface area contributed by atoms with E-state index in [2.05, 4.69) is 10.3 Å². The van der Waals surface area contributed by atoms with Crippen LogP contribution in [0.2, 0.25) is 0 Å². The number of hydrogen-bond acceptors (Lipinski definition) is 3. The molecule has 0 aliphatic heterocycles. The number of nitrogens with one attached hydrogen (secondary N) is 1. The minimum absolute atomic E-state index is 0.0400. The van der Waals surface area contributed by atoms with Gasteiger partial charge in [0.1, 0.15) is 5.70 Å². The summed E-state index contributed by atoms with van der Waals surface area (Å²) in [5, 5.41) is 11.4. The zero-order valence-corrected chi connectivity index (χ0v) is 14.2. The van der Waals surface area contributed by atoms with Crippen LogP contribution in [0.15, 0.2) is 59.2 Å². The number of aliphatic imine (C=N–C) groups is 1. The number of amides is 1. The Morgan fingerprint density at radius 1 is 1.07 bits per heavy atom. The Bertz CT molecular complexity index is 965. The van der Waals surface area contributed by atoms with Crippen LogP contribution in [0.4, 0.5) is 18.9 Å². The van der Waals surface area contributed by atoms with E-state index in [1.54, 1.807) is 0 Å².